The van der Waals surface area contributed by atoms with Crippen LogP contribution in [0, 0.1) is 5.92 Å². The van der Waals surface area contributed by atoms with Gasteiger partial charge in [0.25, 0.3) is 0 Å². The molecular weight excluding hydrogens is 313 g/mol. The Morgan fingerprint density at radius 1 is 1.26 bits per heavy atom. The predicted molar refractivity (Wildman–Crippen MR) is 77.6 cm³/mol. The average molecular weight is 336 g/mol. The van der Waals surface area contributed by atoms with Gasteiger partial charge in [0.05, 0.1) is 0 Å². The van der Waals surface area contributed by atoms with Crippen LogP contribution >= 0.6 is 0 Å². The third-order valence-electron chi connectivity index (χ3n) is 4.25. The lowest BCUT2D eigenvalue weighted by atomic mass is 9.93. The third-order valence-corrected chi connectivity index (χ3v) is 4.25. The summed E-state index contributed by atoms with van der Waals surface area (Å²) in [5.74, 6) is -2.34. The van der Waals surface area contributed by atoms with Crippen molar-refractivity contribution in [3.8, 4) is 0 Å². The van der Waals surface area contributed by atoms with Crippen molar-refractivity contribution in [3.05, 3.63) is 0 Å². The SMILES string of the molecule is O=C(NCCCN1CCNCC1)C1CCC(C(F)(F)F)NC1=O. The van der Waals surface area contributed by atoms with Crippen molar-refractivity contribution < 1.29 is 22.8 Å². The van der Waals surface area contributed by atoms with E-state index < -0.39 is 30.0 Å². The van der Waals surface area contributed by atoms with Gasteiger partial charge in [0.15, 0.2) is 0 Å². The maximum absolute atomic E-state index is 12.5. The minimum absolute atomic E-state index is 0.0698. The predicted octanol–water partition coefficient (Wildman–Crippen LogP) is -0.145. The summed E-state index contributed by atoms with van der Waals surface area (Å²) in [5, 5.41) is 7.79. The second-order valence-electron chi connectivity index (χ2n) is 5.97. The van der Waals surface area contributed by atoms with Crippen molar-refractivity contribution >= 4 is 11.8 Å². The summed E-state index contributed by atoms with van der Waals surface area (Å²) in [6.45, 7) is 5.13. The van der Waals surface area contributed by atoms with E-state index in [9.17, 15) is 22.8 Å². The molecule has 2 amide bonds. The quantitative estimate of drug-likeness (QED) is 0.482. The molecule has 132 valence electrons. The van der Waals surface area contributed by atoms with Crippen molar-refractivity contribution in [2.24, 2.45) is 5.92 Å². The normalized spacial score (nSPS) is 26.7. The number of hydrogen-bond acceptors (Lipinski definition) is 4. The van der Waals surface area contributed by atoms with E-state index in [2.05, 4.69) is 15.5 Å². The number of rotatable bonds is 5. The molecule has 6 nitrogen and oxygen atoms in total. The molecule has 23 heavy (non-hydrogen) atoms. The Kier molecular flexibility index (Phi) is 6.23. The highest BCUT2D eigenvalue weighted by atomic mass is 19.4. The lowest BCUT2D eigenvalue weighted by Crippen LogP contribution is -2.54. The Bertz CT molecular complexity index is 425. The minimum atomic E-state index is -4.46. The highest BCUT2D eigenvalue weighted by molar-refractivity contribution is 6.00. The van der Waals surface area contributed by atoms with Gasteiger partial charge in [0.2, 0.25) is 11.8 Å². The molecule has 2 rings (SSSR count). The molecule has 0 spiro atoms. The van der Waals surface area contributed by atoms with Crippen molar-refractivity contribution in [1.82, 2.24) is 20.9 Å². The second-order valence-corrected chi connectivity index (χ2v) is 5.97. The molecule has 2 fully saturated rings. The van der Waals surface area contributed by atoms with Crippen LogP contribution in [0.1, 0.15) is 19.3 Å². The van der Waals surface area contributed by atoms with Crippen LogP contribution in [-0.4, -0.2) is 68.2 Å². The first-order chi connectivity index (χ1) is 10.9. The lowest BCUT2D eigenvalue weighted by Gasteiger charge is -2.30. The van der Waals surface area contributed by atoms with Crippen LogP contribution in [0.4, 0.5) is 13.2 Å². The van der Waals surface area contributed by atoms with Crippen LogP contribution in [0.15, 0.2) is 0 Å². The molecule has 0 bridgehead atoms. The van der Waals surface area contributed by atoms with Gasteiger partial charge >= 0.3 is 6.18 Å². The van der Waals surface area contributed by atoms with Crippen LogP contribution in [0.5, 0.6) is 0 Å². The maximum atomic E-state index is 12.5. The molecule has 2 atom stereocenters. The molecule has 0 aromatic rings. The second kappa shape index (κ2) is 7.96. The van der Waals surface area contributed by atoms with Gasteiger partial charge in [0, 0.05) is 32.7 Å². The van der Waals surface area contributed by atoms with E-state index in [1.54, 1.807) is 0 Å². The van der Waals surface area contributed by atoms with E-state index in [1.807, 2.05) is 5.32 Å². The summed E-state index contributed by atoms with van der Waals surface area (Å²) in [5.41, 5.74) is 0. The Labute approximate surface area is 133 Å². The van der Waals surface area contributed by atoms with Gasteiger partial charge in [-0.05, 0) is 25.8 Å². The first-order valence-electron chi connectivity index (χ1n) is 7.96. The molecule has 2 aliphatic rings. The summed E-state index contributed by atoms with van der Waals surface area (Å²) in [7, 11) is 0. The maximum Gasteiger partial charge on any atom is 0.408 e. The van der Waals surface area contributed by atoms with Crippen LogP contribution in [0.2, 0.25) is 0 Å². The molecule has 0 radical (unpaired) electrons. The zero-order valence-electron chi connectivity index (χ0n) is 12.9. The highest BCUT2D eigenvalue weighted by Gasteiger charge is 2.45. The number of nitrogens with zero attached hydrogens (tertiary/aromatic N) is 1. The number of piperazine rings is 1. The Morgan fingerprint density at radius 3 is 2.57 bits per heavy atom. The minimum Gasteiger partial charge on any atom is -0.355 e. The fraction of sp³-hybridized carbons (Fsp3) is 0.857. The van der Waals surface area contributed by atoms with Gasteiger partial charge in [-0.15, -0.1) is 0 Å². The van der Waals surface area contributed by atoms with Gasteiger partial charge in [-0.3, -0.25) is 9.59 Å². The summed E-state index contributed by atoms with van der Waals surface area (Å²) in [4.78, 5) is 25.9. The molecule has 0 aromatic heterocycles. The number of carbonyl (C=O) groups excluding carboxylic acids is 2. The molecular formula is C14H23F3N4O2. The zero-order valence-corrected chi connectivity index (χ0v) is 12.9. The molecule has 3 N–H and O–H groups in total. The smallest absolute Gasteiger partial charge is 0.355 e. The topological polar surface area (TPSA) is 73.5 Å². The number of carbonyl (C=O) groups is 2. The first-order valence-corrected chi connectivity index (χ1v) is 7.96. The van der Waals surface area contributed by atoms with E-state index in [0.717, 1.165) is 39.1 Å². The van der Waals surface area contributed by atoms with Gasteiger partial charge in [-0.2, -0.15) is 13.2 Å². The van der Waals surface area contributed by atoms with Gasteiger partial charge < -0.3 is 20.9 Å². The molecule has 0 aromatic carbocycles. The van der Waals surface area contributed by atoms with Gasteiger partial charge in [0.1, 0.15) is 12.0 Å². The third kappa shape index (κ3) is 5.35. The average Bonchev–Trinajstić information content (AvgIpc) is 2.51. The zero-order chi connectivity index (χ0) is 16.9. The lowest BCUT2D eigenvalue weighted by molar-refractivity contribution is -0.171. The number of hydrogen-bond donors (Lipinski definition) is 3. The number of halogens is 3. The van der Waals surface area contributed by atoms with E-state index in [-0.39, 0.29) is 12.8 Å². The molecule has 2 heterocycles. The molecule has 9 heteroatoms. The summed E-state index contributed by atoms with van der Waals surface area (Å²) >= 11 is 0. The van der Waals surface area contributed by atoms with Crippen molar-refractivity contribution in [3.63, 3.8) is 0 Å². The van der Waals surface area contributed by atoms with Crippen molar-refractivity contribution in [2.45, 2.75) is 31.5 Å². The van der Waals surface area contributed by atoms with E-state index in [0.29, 0.717) is 6.54 Å². The molecule has 2 aliphatic heterocycles. The van der Waals surface area contributed by atoms with Crippen molar-refractivity contribution in [2.75, 3.05) is 39.3 Å². The summed E-state index contributed by atoms with van der Waals surface area (Å²) in [6, 6.07) is -1.84. The van der Waals surface area contributed by atoms with E-state index in [4.69, 9.17) is 0 Å². The number of nitrogens with one attached hydrogen (secondary N) is 3. The van der Waals surface area contributed by atoms with Gasteiger partial charge in [-0.1, -0.05) is 0 Å². The Morgan fingerprint density at radius 2 is 1.96 bits per heavy atom. The first kappa shape index (κ1) is 18.0. The Hall–Kier alpha value is -1.35. The highest BCUT2D eigenvalue weighted by Crippen LogP contribution is 2.28. The fourth-order valence-electron chi connectivity index (χ4n) is 2.88. The molecule has 2 saturated heterocycles. The van der Waals surface area contributed by atoms with Crippen LogP contribution in [-0.2, 0) is 9.59 Å². The van der Waals surface area contributed by atoms with Crippen LogP contribution in [0.25, 0.3) is 0 Å². The molecule has 0 aliphatic carbocycles. The standard InChI is InChI=1S/C14H23F3N4O2/c15-14(16,17)11-3-2-10(13(23)20-11)12(22)19-4-1-7-21-8-5-18-6-9-21/h10-11,18H,1-9H2,(H,19,22)(H,20,23). The van der Waals surface area contributed by atoms with Crippen LogP contribution < -0.4 is 16.0 Å². The number of alkyl halides is 3. The molecule has 0 saturated carbocycles. The van der Waals surface area contributed by atoms with Gasteiger partial charge in [-0.25, -0.2) is 0 Å². The summed E-state index contributed by atoms with van der Waals surface area (Å²) in [6.07, 6.45) is -4.03. The number of amides is 2. The monoisotopic (exact) mass is 336 g/mol. The van der Waals surface area contributed by atoms with E-state index >= 15 is 0 Å². The van der Waals surface area contributed by atoms with E-state index in [1.165, 1.54) is 0 Å². The van der Waals surface area contributed by atoms with Crippen LogP contribution in [0.3, 0.4) is 0 Å². The largest absolute Gasteiger partial charge is 0.408 e. The molecule has 2 unspecified atom stereocenters. The van der Waals surface area contributed by atoms with Crippen molar-refractivity contribution in [1.29, 1.82) is 0 Å². The fourth-order valence-corrected chi connectivity index (χ4v) is 2.88. The summed E-state index contributed by atoms with van der Waals surface area (Å²) < 4.78 is 37.6. The number of piperidine rings is 1. The Balaban J connectivity index is 1.66.